The van der Waals surface area contributed by atoms with Crippen LogP contribution in [0, 0.1) is 5.41 Å². The number of allylic oxidation sites excluding steroid dienone is 3. The Bertz CT molecular complexity index is 2490. The highest BCUT2D eigenvalue weighted by Gasteiger charge is 2.32. The minimum absolute atomic E-state index is 0.110. The van der Waals surface area contributed by atoms with Gasteiger partial charge in [0.1, 0.15) is 5.65 Å². The lowest BCUT2D eigenvalue weighted by Gasteiger charge is -2.31. The molecule has 5 heteroatoms. The molecule has 0 radical (unpaired) electrons. The molecule has 0 amide bonds. The number of aromatic nitrogens is 2. The molecule has 1 aliphatic heterocycles. The molecule has 7 aromatic rings. The molecule has 0 saturated carbocycles. The van der Waals surface area contributed by atoms with Gasteiger partial charge < -0.3 is 4.90 Å². The van der Waals surface area contributed by atoms with Gasteiger partial charge >= 0.3 is 0 Å². The monoisotopic (exact) mass is 657 g/mol. The first-order chi connectivity index (χ1) is 25.1. The third-order valence-electron chi connectivity index (χ3n) is 9.86. The predicted octanol–water partition coefficient (Wildman–Crippen LogP) is 12.1. The van der Waals surface area contributed by atoms with Crippen molar-refractivity contribution in [2.45, 2.75) is 6.92 Å². The molecule has 1 aliphatic carbocycles. The molecule has 0 spiro atoms. The fraction of sp³-hybridized carbons (Fsp3) is 0.0652. The summed E-state index contributed by atoms with van der Waals surface area (Å²) in [5.41, 5.74) is 13.8. The maximum atomic E-state index is 5.07. The van der Waals surface area contributed by atoms with Crippen LogP contribution >= 0.6 is 0 Å². The number of benzene rings is 5. The number of fused-ring (bicyclic) bond motifs is 2. The number of azo groups is 1. The van der Waals surface area contributed by atoms with Crippen LogP contribution in [0.3, 0.4) is 0 Å². The topological polar surface area (TPSA) is 45.3 Å². The zero-order chi connectivity index (χ0) is 34.2. The Morgan fingerprint density at radius 1 is 0.588 bits per heavy atom. The maximum absolute atomic E-state index is 5.07. The van der Waals surface area contributed by atoms with Crippen molar-refractivity contribution in [2.75, 3.05) is 11.4 Å². The summed E-state index contributed by atoms with van der Waals surface area (Å²) in [7, 11) is 0. The van der Waals surface area contributed by atoms with Crippen molar-refractivity contribution in [2.24, 2.45) is 15.6 Å². The van der Waals surface area contributed by atoms with Crippen LogP contribution in [-0.2, 0) is 0 Å². The predicted molar refractivity (Wildman–Crippen MR) is 209 cm³/mol. The Morgan fingerprint density at radius 2 is 1.24 bits per heavy atom. The highest BCUT2D eigenvalue weighted by Crippen LogP contribution is 2.43. The molecule has 51 heavy (non-hydrogen) atoms. The first-order valence-electron chi connectivity index (χ1n) is 17.3. The van der Waals surface area contributed by atoms with Gasteiger partial charge in [0.25, 0.3) is 0 Å². The average molecular weight is 658 g/mol. The van der Waals surface area contributed by atoms with Crippen molar-refractivity contribution in [3.63, 3.8) is 0 Å². The zero-order valence-corrected chi connectivity index (χ0v) is 28.3. The number of imidazole rings is 1. The molecular weight excluding hydrogens is 623 g/mol. The highest BCUT2D eigenvalue weighted by molar-refractivity contribution is 5.86. The number of pyridine rings is 1. The first-order valence-corrected chi connectivity index (χ1v) is 17.3. The second-order valence-electron chi connectivity index (χ2n) is 13.2. The second kappa shape index (κ2) is 12.7. The molecule has 0 fully saturated rings. The lowest BCUT2D eigenvalue weighted by molar-refractivity contribution is 0.515. The summed E-state index contributed by atoms with van der Waals surface area (Å²) in [5.74, 6) is 0. The summed E-state index contributed by atoms with van der Waals surface area (Å²) in [6.07, 6.45) is 10.7. The summed E-state index contributed by atoms with van der Waals surface area (Å²) in [4.78, 5) is 7.39. The third-order valence-corrected chi connectivity index (χ3v) is 9.86. The molecule has 0 bridgehead atoms. The molecule has 244 valence electrons. The van der Waals surface area contributed by atoms with E-state index >= 15 is 0 Å². The van der Waals surface area contributed by atoms with Crippen molar-refractivity contribution >= 4 is 28.4 Å². The van der Waals surface area contributed by atoms with Crippen LogP contribution in [0.15, 0.2) is 198 Å². The number of hydrogen-bond donors (Lipinski definition) is 0. The fourth-order valence-corrected chi connectivity index (χ4v) is 7.22. The first kappa shape index (κ1) is 30.5. The van der Waals surface area contributed by atoms with E-state index in [1.54, 1.807) is 0 Å². The van der Waals surface area contributed by atoms with Gasteiger partial charge in [0.05, 0.1) is 23.6 Å². The normalized spacial score (nSPS) is 16.4. The van der Waals surface area contributed by atoms with E-state index in [-0.39, 0.29) is 5.41 Å². The van der Waals surface area contributed by atoms with Gasteiger partial charge in [0, 0.05) is 45.4 Å². The number of hydrogen-bond acceptors (Lipinski definition) is 4. The molecule has 2 aromatic heterocycles. The minimum atomic E-state index is -0.110. The smallest absolute Gasteiger partial charge is 0.137 e. The summed E-state index contributed by atoms with van der Waals surface area (Å²) in [6, 6.07) is 53.4. The molecule has 9 rings (SSSR count). The number of nitrogens with zero attached hydrogens (tertiary/aromatic N) is 5. The van der Waals surface area contributed by atoms with E-state index in [2.05, 4.69) is 196 Å². The van der Waals surface area contributed by atoms with Crippen molar-refractivity contribution in [3.05, 3.63) is 193 Å². The van der Waals surface area contributed by atoms with Gasteiger partial charge in [-0.15, -0.1) is 0 Å². The van der Waals surface area contributed by atoms with Crippen molar-refractivity contribution in [1.29, 1.82) is 0 Å². The van der Waals surface area contributed by atoms with E-state index in [0.29, 0.717) is 6.54 Å². The van der Waals surface area contributed by atoms with Crippen molar-refractivity contribution in [3.8, 4) is 33.6 Å². The van der Waals surface area contributed by atoms with Crippen LogP contribution in [0.5, 0.6) is 0 Å². The van der Waals surface area contributed by atoms with Gasteiger partial charge in [0.15, 0.2) is 0 Å². The van der Waals surface area contributed by atoms with Crippen LogP contribution in [0.1, 0.15) is 12.5 Å². The van der Waals surface area contributed by atoms with Crippen LogP contribution in [0.25, 0.3) is 45.0 Å². The number of rotatable bonds is 7. The number of anilines is 3. The summed E-state index contributed by atoms with van der Waals surface area (Å²) >= 11 is 0. The highest BCUT2D eigenvalue weighted by atomic mass is 15.1. The van der Waals surface area contributed by atoms with E-state index in [4.69, 9.17) is 4.98 Å². The van der Waals surface area contributed by atoms with Gasteiger partial charge in [-0.2, -0.15) is 10.2 Å². The maximum Gasteiger partial charge on any atom is 0.137 e. The van der Waals surface area contributed by atoms with E-state index < -0.39 is 0 Å². The van der Waals surface area contributed by atoms with E-state index in [9.17, 15) is 0 Å². The standard InChI is InChI=1S/C46H35N5/c1-46-29-10-8-19-41(46)43(49-47-32-46)36-23-21-33(22-24-36)34-25-27-39(28-26-34)51(38-16-6-3-7-17-38)40-18-12-15-37(31-40)45-44(35-13-4-2-5-14-35)48-42-20-9-11-30-50(42)45/h2-31H,32H2,1H3. The Balaban J connectivity index is 1.08. The zero-order valence-electron chi connectivity index (χ0n) is 28.3. The molecule has 2 aliphatic rings. The van der Waals surface area contributed by atoms with E-state index in [1.807, 2.05) is 12.1 Å². The van der Waals surface area contributed by atoms with Gasteiger partial charge in [-0.3, -0.25) is 4.40 Å². The minimum Gasteiger partial charge on any atom is -0.310 e. The van der Waals surface area contributed by atoms with Crippen LogP contribution in [0.4, 0.5) is 17.1 Å². The third kappa shape index (κ3) is 5.59. The Morgan fingerprint density at radius 3 is 2.02 bits per heavy atom. The largest absolute Gasteiger partial charge is 0.310 e. The van der Waals surface area contributed by atoms with Gasteiger partial charge in [-0.25, -0.2) is 4.98 Å². The fourth-order valence-electron chi connectivity index (χ4n) is 7.22. The average Bonchev–Trinajstić information content (AvgIpc) is 3.59. The molecule has 3 heterocycles. The van der Waals surface area contributed by atoms with Crippen LogP contribution in [-0.4, -0.2) is 15.9 Å². The summed E-state index contributed by atoms with van der Waals surface area (Å²) in [6.45, 7) is 2.91. The summed E-state index contributed by atoms with van der Waals surface area (Å²) in [5, 5.41) is 9.06. The second-order valence-corrected chi connectivity index (χ2v) is 13.2. The molecule has 0 saturated heterocycles. The van der Waals surface area contributed by atoms with Crippen molar-refractivity contribution in [1.82, 2.24) is 9.38 Å². The van der Waals surface area contributed by atoms with Gasteiger partial charge in [0.2, 0.25) is 0 Å². The Kier molecular flexibility index (Phi) is 7.59. The number of para-hydroxylation sites is 1. The van der Waals surface area contributed by atoms with Gasteiger partial charge in [-0.05, 0) is 65.2 Å². The molecule has 5 aromatic carbocycles. The van der Waals surface area contributed by atoms with Crippen molar-refractivity contribution < 1.29 is 0 Å². The van der Waals surface area contributed by atoms with E-state index in [1.165, 1.54) is 5.57 Å². The quantitative estimate of drug-likeness (QED) is 0.171. The summed E-state index contributed by atoms with van der Waals surface area (Å²) < 4.78 is 2.18. The van der Waals surface area contributed by atoms with Crippen LogP contribution < -0.4 is 4.90 Å². The lowest BCUT2D eigenvalue weighted by Crippen LogP contribution is -2.24. The Hall–Kier alpha value is -6.59. The van der Waals surface area contributed by atoms with Crippen LogP contribution in [0.2, 0.25) is 0 Å². The Labute approximate surface area is 297 Å². The SMILES string of the molecule is CC12C=CC=CC1=C(c1ccc(-c3ccc(N(c4ccccc4)c4cccc(-c5c(-c6ccccc6)nc6ccccn56)c4)cc3)cc1)N=NC2. The molecule has 5 nitrogen and oxygen atoms in total. The van der Waals surface area contributed by atoms with Gasteiger partial charge in [-0.1, -0.05) is 134 Å². The molecule has 1 atom stereocenters. The molecule has 1 unspecified atom stereocenters. The lowest BCUT2D eigenvalue weighted by atomic mass is 9.76. The van der Waals surface area contributed by atoms with E-state index in [0.717, 1.165) is 67.6 Å². The molecular formula is C46H35N5. The molecule has 0 N–H and O–H groups in total.